The number of carbonyl (C=O) groups excluding carboxylic acids is 2. The topological polar surface area (TPSA) is 61.4 Å². The lowest BCUT2D eigenvalue weighted by Gasteiger charge is -2.36. The highest BCUT2D eigenvalue weighted by atomic mass is 32.1. The average Bonchev–Trinajstić information content (AvgIpc) is 3.56. The molecule has 5 rings (SSSR count). The van der Waals surface area contributed by atoms with Gasteiger partial charge in [0.1, 0.15) is 5.54 Å². The van der Waals surface area contributed by atoms with Crippen molar-refractivity contribution in [2.75, 3.05) is 25.5 Å². The second-order valence-corrected chi connectivity index (χ2v) is 10.9. The van der Waals surface area contributed by atoms with Crippen LogP contribution in [0.25, 0.3) is 0 Å². The maximum absolute atomic E-state index is 13.5. The van der Waals surface area contributed by atoms with Crippen LogP contribution in [0, 0.1) is 0 Å². The Bertz CT molecular complexity index is 1000. The molecule has 0 unspecified atom stereocenters. The van der Waals surface area contributed by atoms with Crippen LogP contribution in [-0.2, 0) is 17.6 Å². The Morgan fingerprint density at radius 2 is 1.75 bits per heavy atom. The van der Waals surface area contributed by atoms with Crippen LogP contribution in [0.5, 0.6) is 0 Å². The predicted octanol–water partition coefficient (Wildman–Crippen LogP) is 4.73. The fraction of sp³-hybridized carbons (Fsp3) is 0.538. The number of hydrogen-bond donors (Lipinski definition) is 2. The number of rotatable bonds is 5. The fourth-order valence-electron chi connectivity index (χ4n) is 5.07. The van der Waals surface area contributed by atoms with Gasteiger partial charge in [-0.1, -0.05) is 25.3 Å². The number of likely N-dealkylation sites (N-methyl/N-ethyl adjacent to an activating group) is 1. The highest BCUT2D eigenvalue weighted by Gasteiger charge is 2.41. The van der Waals surface area contributed by atoms with Crippen molar-refractivity contribution in [3.05, 3.63) is 51.2 Å². The molecule has 2 amide bonds. The van der Waals surface area contributed by atoms with Crippen molar-refractivity contribution in [1.82, 2.24) is 10.2 Å². The Balaban J connectivity index is 1.32. The van der Waals surface area contributed by atoms with Crippen molar-refractivity contribution in [3.63, 3.8) is 0 Å². The molecule has 2 aromatic rings. The van der Waals surface area contributed by atoms with E-state index in [2.05, 4.69) is 40.8 Å². The van der Waals surface area contributed by atoms with E-state index in [0.717, 1.165) is 55.8 Å². The zero-order valence-corrected chi connectivity index (χ0v) is 19.7. The van der Waals surface area contributed by atoms with Crippen molar-refractivity contribution in [3.8, 4) is 0 Å². The van der Waals surface area contributed by atoms with Gasteiger partial charge < -0.3 is 15.5 Å². The van der Waals surface area contributed by atoms with E-state index in [-0.39, 0.29) is 11.8 Å². The highest BCUT2D eigenvalue weighted by Crippen LogP contribution is 2.43. The first kappa shape index (κ1) is 21.7. The van der Waals surface area contributed by atoms with Crippen molar-refractivity contribution < 1.29 is 9.59 Å². The van der Waals surface area contributed by atoms with Crippen LogP contribution in [0.2, 0.25) is 0 Å². The monoisotopic (exact) mass is 451 g/mol. The molecule has 1 aliphatic heterocycles. The molecule has 0 atom stereocenters. The third-order valence-electron chi connectivity index (χ3n) is 7.31. The Morgan fingerprint density at radius 1 is 1.00 bits per heavy atom. The average molecular weight is 452 g/mol. The first-order valence-electron chi connectivity index (χ1n) is 12.1. The van der Waals surface area contributed by atoms with Gasteiger partial charge in [0.05, 0.1) is 4.88 Å². The molecule has 6 heteroatoms. The summed E-state index contributed by atoms with van der Waals surface area (Å²) < 4.78 is 0. The van der Waals surface area contributed by atoms with Crippen LogP contribution in [0.15, 0.2) is 30.3 Å². The van der Waals surface area contributed by atoms with Crippen LogP contribution in [0.3, 0.4) is 0 Å². The van der Waals surface area contributed by atoms with Gasteiger partial charge in [-0.2, -0.15) is 0 Å². The van der Waals surface area contributed by atoms with E-state index >= 15 is 0 Å². The molecule has 170 valence electrons. The molecule has 1 aromatic heterocycles. The SMILES string of the molecule is CN1CCc2ccc(NC(=O)C3(NC(=O)c4ccc(C5CC5)s4)CCCCC3)cc2CC1. The summed E-state index contributed by atoms with van der Waals surface area (Å²) in [6, 6.07) is 10.3. The van der Waals surface area contributed by atoms with Gasteiger partial charge >= 0.3 is 0 Å². The molecule has 3 aliphatic rings. The van der Waals surface area contributed by atoms with Gasteiger partial charge in [-0.25, -0.2) is 0 Å². The summed E-state index contributed by atoms with van der Waals surface area (Å²) in [5.41, 5.74) is 2.70. The van der Waals surface area contributed by atoms with Crippen molar-refractivity contribution in [2.24, 2.45) is 0 Å². The molecule has 2 fully saturated rings. The molecule has 0 spiro atoms. The number of hydrogen-bond acceptors (Lipinski definition) is 4. The summed E-state index contributed by atoms with van der Waals surface area (Å²) in [5, 5.41) is 6.33. The minimum absolute atomic E-state index is 0.0739. The van der Waals surface area contributed by atoms with Gasteiger partial charge in [0, 0.05) is 23.7 Å². The van der Waals surface area contributed by atoms with Gasteiger partial charge in [0.25, 0.3) is 5.91 Å². The minimum atomic E-state index is -0.827. The van der Waals surface area contributed by atoms with Gasteiger partial charge in [-0.15, -0.1) is 11.3 Å². The third kappa shape index (κ3) is 4.62. The summed E-state index contributed by atoms with van der Waals surface area (Å²) in [6.45, 7) is 2.10. The fourth-order valence-corrected chi connectivity index (χ4v) is 6.14. The van der Waals surface area contributed by atoms with Gasteiger partial charge in [-0.3, -0.25) is 9.59 Å². The molecular weight excluding hydrogens is 418 g/mol. The summed E-state index contributed by atoms with van der Waals surface area (Å²) in [7, 11) is 2.16. The molecule has 0 radical (unpaired) electrons. The molecule has 2 saturated carbocycles. The van der Waals surface area contributed by atoms with Crippen LogP contribution >= 0.6 is 11.3 Å². The van der Waals surface area contributed by atoms with Crippen molar-refractivity contribution >= 4 is 28.8 Å². The van der Waals surface area contributed by atoms with E-state index in [9.17, 15) is 9.59 Å². The van der Waals surface area contributed by atoms with E-state index < -0.39 is 5.54 Å². The van der Waals surface area contributed by atoms with Crippen molar-refractivity contribution in [1.29, 1.82) is 0 Å². The van der Waals surface area contributed by atoms with Gasteiger partial charge in [0.15, 0.2) is 0 Å². The van der Waals surface area contributed by atoms with Gasteiger partial charge in [-0.05, 0) is 86.9 Å². The minimum Gasteiger partial charge on any atom is -0.337 e. The largest absolute Gasteiger partial charge is 0.337 e. The Labute approximate surface area is 194 Å². The highest BCUT2D eigenvalue weighted by molar-refractivity contribution is 7.14. The lowest BCUT2D eigenvalue weighted by molar-refractivity contribution is -0.123. The molecule has 0 bridgehead atoms. The van der Waals surface area contributed by atoms with E-state index in [1.807, 2.05) is 12.1 Å². The van der Waals surface area contributed by atoms with E-state index in [1.54, 1.807) is 11.3 Å². The maximum Gasteiger partial charge on any atom is 0.262 e. The Kier molecular flexibility index (Phi) is 6.08. The molecule has 5 nitrogen and oxygen atoms in total. The van der Waals surface area contributed by atoms with Crippen LogP contribution in [-0.4, -0.2) is 42.4 Å². The predicted molar refractivity (Wildman–Crippen MR) is 130 cm³/mol. The smallest absolute Gasteiger partial charge is 0.262 e. The summed E-state index contributed by atoms with van der Waals surface area (Å²) in [4.78, 5) is 31.0. The number of fused-ring (bicyclic) bond motifs is 1. The number of anilines is 1. The second-order valence-electron chi connectivity index (χ2n) is 9.81. The molecule has 2 heterocycles. The molecule has 1 aromatic carbocycles. The number of amides is 2. The molecule has 0 saturated heterocycles. The zero-order chi connectivity index (χ0) is 22.1. The normalized spacial score (nSPS) is 20.8. The lowest BCUT2D eigenvalue weighted by atomic mass is 9.80. The molecular formula is C26H33N3O2S. The number of nitrogens with one attached hydrogen (secondary N) is 2. The van der Waals surface area contributed by atoms with E-state index in [4.69, 9.17) is 0 Å². The Morgan fingerprint density at radius 3 is 2.50 bits per heavy atom. The van der Waals surface area contributed by atoms with E-state index in [0.29, 0.717) is 18.8 Å². The second kappa shape index (κ2) is 8.99. The molecule has 2 N–H and O–H groups in total. The summed E-state index contributed by atoms with van der Waals surface area (Å²) in [5.74, 6) is 0.459. The first-order chi connectivity index (χ1) is 15.5. The van der Waals surface area contributed by atoms with Crippen LogP contribution in [0.1, 0.15) is 76.5 Å². The van der Waals surface area contributed by atoms with Crippen molar-refractivity contribution in [2.45, 2.75) is 69.2 Å². The first-order valence-corrected chi connectivity index (χ1v) is 12.9. The van der Waals surface area contributed by atoms with Gasteiger partial charge in [0.2, 0.25) is 5.91 Å². The van der Waals surface area contributed by atoms with Crippen LogP contribution in [0.4, 0.5) is 5.69 Å². The summed E-state index contributed by atoms with van der Waals surface area (Å²) in [6.07, 6.45) is 8.92. The molecule has 2 aliphatic carbocycles. The van der Waals surface area contributed by atoms with E-state index in [1.165, 1.54) is 28.8 Å². The van der Waals surface area contributed by atoms with Crippen LogP contribution < -0.4 is 10.6 Å². The Hall–Kier alpha value is -2.18. The maximum atomic E-state index is 13.5. The third-order valence-corrected chi connectivity index (χ3v) is 8.56. The summed E-state index contributed by atoms with van der Waals surface area (Å²) >= 11 is 1.58. The number of carbonyl (C=O) groups is 2. The lowest BCUT2D eigenvalue weighted by Crippen LogP contribution is -2.57. The number of benzene rings is 1. The number of nitrogens with zero attached hydrogens (tertiary/aromatic N) is 1. The zero-order valence-electron chi connectivity index (χ0n) is 18.9. The number of thiophene rings is 1. The molecule has 32 heavy (non-hydrogen) atoms. The quantitative estimate of drug-likeness (QED) is 0.691. The standard InChI is InChI=1S/C26H33N3O2S/c1-29-15-11-18-7-8-21(17-20(18)12-16-29)27-25(31)26(13-3-2-4-14-26)28-24(30)23-10-9-22(32-23)19-5-6-19/h7-10,17,19H,2-6,11-16H2,1H3,(H,27,31)(H,28,30).